The fourth-order valence-electron chi connectivity index (χ4n) is 4.93. The highest BCUT2D eigenvalue weighted by molar-refractivity contribution is 5.75. The molecule has 136 valence electrons. The minimum atomic E-state index is -1.03. The molecule has 3 atom stereocenters. The molecule has 1 unspecified atom stereocenters. The van der Waals surface area contributed by atoms with Gasteiger partial charge in [0.2, 0.25) is 0 Å². The average Bonchev–Trinajstić information content (AvgIpc) is 3.36. The van der Waals surface area contributed by atoms with Gasteiger partial charge in [-0.05, 0) is 63.1 Å². The number of fused-ring (bicyclic) bond motifs is 4. The monoisotopic (exact) mass is 345 g/mol. The molecule has 1 saturated heterocycles. The smallest absolute Gasteiger partial charge is 0.161 e. The van der Waals surface area contributed by atoms with Crippen molar-refractivity contribution < 1.29 is 20.1 Å². The van der Waals surface area contributed by atoms with Crippen LogP contribution in [-0.4, -0.2) is 50.7 Å². The summed E-state index contributed by atoms with van der Waals surface area (Å²) in [7, 11) is 0. The van der Waals surface area contributed by atoms with Crippen molar-refractivity contribution in [2.24, 2.45) is 5.92 Å². The van der Waals surface area contributed by atoms with Crippen LogP contribution >= 0.6 is 0 Å². The fraction of sp³-hybridized carbons (Fsp3) is 0.650. The molecule has 1 aromatic carbocycles. The minimum absolute atomic E-state index is 0.0253. The molecule has 1 aliphatic heterocycles. The number of aliphatic hydroxyl groups is 1. The van der Waals surface area contributed by atoms with E-state index in [1.54, 1.807) is 6.92 Å². The average molecular weight is 345 g/mol. The van der Waals surface area contributed by atoms with Gasteiger partial charge >= 0.3 is 0 Å². The molecule has 2 bridgehead atoms. The third-order valence-corrected chi connectivity index (χ3v) is 6.44. The van der Waals surface area contributed by atoms with E-state index >= 15 is 0 Å². The van der Waals surface area contributed by atoms with Crippen molar-refractivity contribution in [3.63, 3.8) is 0 Å². The number of hydrogen-bond acceptors (Lipinski definition) is 5. The Hall–Kier alpha value is -1.59. The normalized spacial score (nSPS) is 31.6. The third-order valence-electron chi connectivity index (χ3n) is 6.44. The van der Waals surface area contributed by atoms with Crippen LogP contribution in [0, 0.1) is 5.92 Å². The van der Waals surface area contributed by atoms with Gasteiger partial charge in [-0.1, -0.05) is 6.07 Å². The summed E-state index contributed by atoms with van der Waals surface area (Å²) in [5, 5.41) is 32.1. The molecule has 1 aromatic rings. The molecule has 25 heavy (non-hydrogen) atoms. The first-order valence-corrected chi connectivity index (χ1v) is 9.39. The van der Waals surface area contributed by atoms with Crippen LogP contribution in [0.3, 0.4) is 0 Å². The van der Waals surface area contributed by atoms with Gasteiger partial charge < -0.3 is 20.1 Å². The van der Waals surface area contributed by atoms with E-state index < -0.39 is 5.60 Å². The second-order valence-corrected chi connectivity index (χ2v) is 8.20. The zero-order valence-electron chi connectivity index (χ0n) is 14.7. The zero-order chi connectivity index (χ0) is 17.8. The van der Waals surface area contributed by atoms with E-state index in [4.69, 9.17) is 0 Å². The van der Waals surface area contributed by atoms with Crippen LogP contribution in [0.4, 0.5) is 0 Å². The Morgan fingerprint density at radius 1 is 1.28 bits per heavy atom. The molecule has 1 saturated carbocycles. The van der Waals surface area contributed by atoms with Gasteiger partial charge in [0.05, 0.1) is 5.60 Å². The number of rotatable bonds is 5. The van der Waals surface area contributed by atoms with Crippen LogP contribution in [0.2, 0.25) is 0 Å². The maximum atomic E-state index is 11.7. The Balaban J connectivity index is 1.74. The van der Waals surface area contributed by atoms with E-state index in [1.165, 1.54) is 18.9 Å². The summed E-state index contributed by atoms with van der Waals surface area (Å²) >= 11 is 0. The predicted octanol–water partition coefficient (Wildman–Crippen LogP) is 2.32. The summed E-state index contributed by atoms with van der Waals surface area (Å²) in [4.78, 5) is 14.0. The molecule has 5 nitrogen and oxygen atoms in total. The number of aromatic hydroxyl groups is 2. The third kappa shape index (κ3) is 2.83. The van der Waals surface area contributed by atoms with Gasteiger partial charge in [-0.25, -0.2) is 0 Å². The standard InChI is InChI=1S/C20H27NO4/c1-12(22)6-8-20(25)15-7-9-21(11-13-2-3-13)17(20)10-14-4-5-16(23)19(24)18(14)15/h4-5,13,15,17,23-25H,2-3,6-11H2,1H3/t15?,17-,20-/m0/s1. The van der Waals surface area contributed by atoms with Gasteiger partial charge in [0, 0.05) is 30.5 Å². The number of benzene rings is 1. The first-order valence-electron chi connectivity index (χ1n) is 9.39. The zero-order valence-corrected chi connectivity index (χ0v) is 14.7. The molecular formula is C20H27NO4. The largest absolute Gasteiger partial charge is 0.504 e. The lowest BCUT2D eigenvalue weighted by Gasteiger charge is -2.55. The predicted molar refractivity (Wildman–Crippen MR) is 93.8 cm³/mol. The van der Waals surface area contributed by atoms with Crippen molar-refractivity contribution in [2.45, 2.75) is 63.0 Å². The van der Waals surface area contributed by atoms with Crippen LogP contribution in [0.25, 0.3) is 0 Å². The molecule has 2 aliphatic carbocycles. The summed E-state index contributed by atoms with van der Waals surface area (Å²) < 4.78 is 0. The fourth-order valence-corrected chi connectivity index (χ4v) is 4.93. The summed E-state index contributed by atoms with van der Waals surface area (Å²) in [6, 6.07) is 3.38. The molecule has 1 heterocycles. The molecule has 4 rings (SSSR count). The van der Waals surface area contributed by atoms with Gasteiger partial charge in [-0.15, -0.1) is 0 Å². The lowest BCUT2D eigenvalue weighted by Crippen LogP contribution is -2.63. The molecule has 3 aliphatic rings. The molecular weight excluding hydrogens is 318 g/mol. The highest BCUT2D eigenvalue weighted by Crippen LogP contribution is 2.53. The van der Waals surface area contributed by atoms with E-state index in [0.717, 1.165) is 31.0 Å². The van der Waals surface area contributed by atoms with Crippen molar-refractivity contribution in [3.8, 4) is 11.5 Å². The SMILES string of the molecule is CC(=O)CC[C@]1(O)C2CCN(CC3CC3)[C@H]1Cc1ccc(O)c(O)c12. The number of phenols is 2. The molecule has 0 aromatic heterocycles. The van der Waals surface area contributed by atoms with Crippen molar-refractivity contribution in [1.29, 1.82) is 0 Å². The lowest BCUT2D eigenvalue weighted by molar-refractivity contribution is -0.126. The Morgan fingerprint density at radius 2 is 2.04 bits per heavy atom. The number of piperidine rings is 1. The second-order valence-electron chi connectivity index (χ2n) is 8.20. The lowest BCUT2D eigenvalue weighted by atomic mass is 9.62. The maximum absolute atomic E-state index is 11.7. The number of hydrogen-bond donors (Lipinski definition) is 3. The number of nitrogens with zero attached hydrogens (tertiary/aromatic N) is 1. The number of likely N-dealkylation sites (tertiary alicyclic amines) is 1. The number of phenolic OH excluding ortho intramolecular Hbond substituents is 2. The Bertz CT molecular complexity index is 699. The summed E-state index contributed by atoms with van der Waals surface area (Å²) in [5.74, 6) is 0.349. The molecule has 5 heteroatoms. The summed E-state index contributed by atoms with van der Waals surface area (Å²) in [6.45, 7) is 3.46. The van der Waals surface area contributed by atoms with Crippen LogP contribution in [0.5, 0.6) is 11.5 Å². The van der Waals surface area contributed by atoms with E-state index in [-0.39, 0.29) is 29.2 Å². The maximum Gasteiger partial charge on any atom is 0.161 e. The van der Waals surface area contributed by atoms with E-state index in [1.807, 2.05) is 6.07 Å². The van der Waals surface area contributed by atoms with Gasteiger partial charge in [0.15, 0.2) is 11.5 Å². The quantitative estimate of drug-likeness (QED) is 0.714. The highest BCUT2D eigenvalue weighted by Gasteiger charge is 2.54. The van der Waals surface area contributed by atoms with E-state index in [2.05, 4.69) is 4.90 Å². The number of ketones is 1. The Kier molecular flexibility index (Phi) is 4.04. The molecule has 3 N–H and O–H groups in total. The Morgan fingerprint density at radius 3 is 2.72 bits per heavy atom. The number of Topliss-reactive ketones (excluding diaryl/α,β-unsaturated/α-hetero) is 1. The van der Waals surface area contributed by atoms with Gasteiger partial charge in [0.1, 0.15) is 5.78 Å². The van der Waals surface area contributed by atoms with Gasteiger partial charge in [-0.3, -0.25) is 4.90 Å². The Labute approximate surface area is 148 Å². The first kappa shape index (κ1) is 16.9. The van der Waals surface area contributed by atoms with Crippen molar-refractivity contribution >= 4 is 5.78 Å². The van der Waals surface area contributed by atoms with Crippen molar-refractivity contribution in [3.05, 3.63) is 23.3 Å². The van der Waals surface area contributed by atoms with Gasteiger partial charge in [-0.2, -0.15) is 0 Å². The topological polar surface area (TPSA) is 81.0 Å². The van der Waals surface area contributed by atoms with Crippen molar-refractivity contribution in [1.82, 2.24) is 4.90 Å². The highest BCUT2D eigenvalue weighted by atomic mass is 16.3. The molecule has 0 radical (unpaired) electrons. The van der Waals surface area contributed by atoms with Crippen LogP contribution in [0.15, 0.2) is 12.1 Å². The van der Waals surface area contributed by atoms with Crippen molar-refractivity contribution in [2.75, 3.05) is 13.1 Å². The first-order chi connectivity index (χ1) is 11.9. The van der Waals surface area contributed by atoms with Crippen LogP contribution in [-0.2, 0) is 11.2 Å². The minimum Gasteiger partial charge on any atom is -0.504 e. The summed E-state index contributed by atoms with van der Waals surface area (Å²) in [5.41, 5.74) is 0.670. The second kappa shape index (κ2) is 5.99. The molecule has 0 amide bonds. The number of carbonyl (C=O) groups excluding carboxylic acids is 1. The van der Waals surface area contributed by atoms with E-state index in [0.29, 0.717) is 24.8 Å². The summed E-state index contributed by atoms with van der Waals surface area (Å²) in [6.07, 6.45) is 4.68. The van der Waals surface area contributed by atoms with Crippen LogP contribution < -0.4 is 0 Å². The van der Waals surface area contributed by atoms with Crippen LogP contribution in [0.1, 0.15) is 56.1 Å². The van der Waals surface area contributed by atoms with Gasteiger partial charge in [0.25, 0.3) is 0 Å². The van der Waals surface area contributed by atoms with E-state index in [9.17, 15) is 20.1 Å². The number of carbonyl (C=O) groups is 1. The molecule has 2 fully saturated rings. The molecule has 0 spiro atoms.